The van der Waals surface area contributed by atoms with Crippen LogP contribution in [0.15, 0.2) is 0 Å². The Morgan fingerprint density at radius 2 is 0.600 bits per heavy atom. The first-order chi connectivity index (χ1) is 0. The van der Waals surface area contributed by atoms with Gasteiger partial charge in [-0.1, -0.05) is 0 Å². The van der Waals surface area contributed by atoms with Gasteiger partial charge in [-0.2, -0.15) is 0 Å². The molecule has 0 aromatic carbocycles. The van der Waals surface area contributed by atoms with Gasteiger partial charge >= 0.3 is 40.7 Å². The molecule has 5 heavy (non-hydrogen) atoms. The van der Waals surface area contributed by atoms with Crippen LogP contribution in [0.1, 0.15) is 0 Å². The summed E-state index contributed by atoms with van der Waals surface area (Å²) in [5.74, 6) is 0. The number of rotatable bonds is 0. The molecule has 1 radical (unpaired) electrons. The second kappa shape index (κ2) is 64.7. The first kappa shape index (κ1) is 118. The fourth-order valence-corrected chi connectivity index (χ4v) is 0. The molecular formula is CoO3Sn. The van der Waals surface area contributed by atoms with Crippen molar-refractivity contribution in [1.29, 1.82) is 0 Å². The fraction of sp³-hybridized carbons (Fsp3) is 0. The van der Waals surface area contributed by atoms with Crippen LogP contribution >= 0.6 is 0 Å². The van der Waals surface area contributed by atoms with Crippen molar-refractivity contribution in [3.05, 3.63) is 0 Å². The van der Waals surface area contributed by atoms with E-state index in [-0.39, 0.29) is 57.1 Å². The molecule has 0 saturated heterocycles. The van der Waals surface area contributed by atoms with Gasteiger partial charge in [-0.3, -0.25) is 0 Å². The molecule has 0 spiro atoms. The maximum absolute atomic E-state index is 0. The van der Waals surface area contributed by atoms with Crippen molar-refractivity contribution in [2.24, 2.45) is 0 Å². The largest absolute Gasteiger partial charge is 4.00 e. The normalized spacial score (nSPS) is 0. The zero-order valence-electron chi connectivity index (χ0n) is 2.06. The van der Waals surface area contributed by atoms with Gasteiger partial charge in [0.1, 0.15) is 0 Å². The molecule has 0 bridgehead atoms. The summed E-state index contributed by atoms with van der Waals surface area (Å²) in [5.41, 5.74) is 0. The maximum atomic E-state index is 0. The molecule has 0 fully saturated rings. The molecule has 0 aromatic heterocycles. The van der Waals surface area contributed by atoms with Crippen LogP contribution in [0.4, 0.5) is 0 Å². The average molecular weight is 226 g/mol. The van der Waals surface area contributed by atoms with Crippen LogP contribution in [0, 0.1) is 0 Å². The van der Waals surface area contributed by atoms with Gasteiger partial charge in [-0.05, 0) is 0 Å². The van der Waals surface area contributed by atoms with Gasteiger partial charge in [0.05, 0.1) is 0 Å². The van der Waals surface area contributed by atoms with Crippen LogP contribution in [0.3, 0.4) is 0 Å². The Balaban J connectivity index is 0. The fourth-order valence-electron chi connectivity index (χ4n) is 0. The van der Waals surface area contributed by atoms with E-state index in [2.05, 4.69) is 0 Å². The Kier molecular flexibility index (Phi) is 1530. The summed E-state index contributed by atoms with van der Waals surface area (Å²) in [6.07, 6.45) is 0. The molecule has 3 nitrogen and oxygen atoms in total. The van der Waals surface area contributed by atoms with E-state index in [0.717, 1.165) is 0 Å². The molecule has 31 valence electrons. The zero-order valence-corrected chi connectivity index (χ0v) is 5.95. The summed E-state index contributed by atoms with van der Waals surface area (Å²) >= 11 is 0. The predicted octanol–water partition coefficient (Wildman–Crippen LogP) is -0.740. The van der Waals surface area contributed by atoms with Crippen molar-refractivity contribution in [1.82, 2.24) is 0 Å². The van der Waals surface area contributed by atoms with Gasteiger partial charge in [0.25, 0.3) is 0 Å². The molecule has 5 heteroatoms. The molecule has 0 unspecified atom stereocenters. The molecule has 0 aromatic rings. The first-order valence-electron chi connectivity index (χ1n) is 0. The third-order valence-corrected chi connectivity index (χ3v) is 0. The van der Waals surface area contributed by atoms with Crippen molar-refractivity contribution in [3.8, 4) is 0 Å². The van der Waals surface area contributed by atoms with Crippen LogP contribution in [0.25, 0.3) is 0 Å². The molecule has 0 aliphatic carbocycles. The third kappa shape index (κ3) is 37.5. The van der Waals surface area contributed by atoms with Gasteiger partial charge < -0.3 is 16.4 Å². The Hall–Kier alpha value is 1.19. The molecule has 0 atom stereocenters. The van der Waals surface area contributed by atoms with Crippen LogP contribution < -0.4 is 0 Å². The molecular weight excluding hydrogens is 226 g/mol. The summed E-state index contributed by atoms with van der Waals surface area (Å²) in [6.45, 7) is 0. The van der Waals surface area contributed by atoms with E-state index >= 15 is 0 Å². The summed E-state index contributed by atoms with van der Waals surface area (Å²) in [6, 6.07) is 0. The number of hydrogen-bond donors (Lipinski definition) is 0. The quantitative estimate of drug-likeness (QED) is 0.487. The van der Waals surface area contributed by atoms with Gasteiger partial charge in [0, 0.05) is 0 Å². The van der Waals surface area contributed by atoms with Crippen molar-refractivity contribution in [3.63, 3.8) is 0 Å². The van der Waals surface area contributed by atoms with Crippen LogP contribution in [-0.2, 0) is 33.2 Å². The van der Waals surface area contributed by atoms with Gasteiger partial charge in [-0.15, -0.1) is 0 Å². The average Bonchev–Trinajstić information content (AvgIpc) is 0. The number of hydrogen-bond acceptors (Lipinski definition) is 0. The SMILES string of the molecule is [Co+2].[O-2].[O-2].[O-2].[Sn+4]. The van der Waals surface area contributed by atoms with E-state index in [1.54, 1.807) is 0 Å². The van der Waals surface area contributed by atoms with E-state index < -0.39 is 0 Å². The van der Waals surface area contributed by atoms with Crippen LogP contribution in [0.2, 0.25) is 0 Å². The van der Waals surface area contributed by atoms with Gasteiger partial charge in [-0.25, -0.2) is 0 Å². The predicted molar refractivity (Wildman–Crippen MR) is 7.81 cm³/mol. The second-order valence-electron chi connectivity index (χ2n) is 0. The Morgan fingerprint density at radius 1 is 0.600 bits per heavy atom. The molecule has 0 rings (SSSR count). The Bertz CT molecular complexity index is 6.85. The molecule has 0 aliphatic heterocycles. The summed E-state index contributed by atoms with van der Waals surface area (Å²) in [4.78, 5) is 0. The third-order valence-electron chi connectivity index (χ3n) is 0. The minimum Gasteiger partial charge on any atom is -2.00 e. The minimum atomic E-state index is 0. The molecule has 0 saturated carbocycles. The Morgan fingerprint density at radius 3 is 0.600 bits per heavy atom. The molecule has 0 amide bonds. The Labute approximate surface area is 57.2 Å². The summed E-state index contributed by atoms with van der Waals surface area (Å²) < 4.78 is 0. The zero-order chi connectivity index (χ0) is 0. The van der Waals surface area contributed by atoms with E-state index in [9.17, 15) is 0 Å². The maximum Gasteiger partial charge on any atom is 4.00 e. The van der Waals surface area contributed by atoms with E-state index in [4.69, 9.17) is 0 Å². The molecule has 0 N–H and O–H groups in total. The smallest absolute Gasteiger partial charge is 2.00 e. The van der Waals surface area contributed by atoms with E-state index in [1.165, 1.54) is 0 Å². The summed E-state index contributed by atoms with van der Waals surface area (Å²) in [5, 5.41) is 0. The minimum absolute atomic E-state index is 0. The van der Waals surface area contributed by atoms with Gasteiger partial charge in [0.15, 0.2) is 0 Å². The standard InChI is InChI=1S/Co.3O.Sn/q+2;3*-2;+4. The van der Waals surface area contributed by atoms with Crippen molar-refractivity contribution in [2.75, 3.05) is 0 Å². The van der Waals surface area contributed by atoms with Crippen molar-refractivity contribution < 1.29 is 33.2 Å². The summed E-state index contributed by atoms with van der Waals surface area (Å²) in [7, 11) is 0. The molecule has 0 heterocycles. The molecule has 0 aliphatic rings. The monoisotopic (exact) mass is 227 g/mol. The van der Waals surface area contributed by atoms with Crippen LogP contribution in [0.5, 0.6) is 0 Å². The topological polar surface area (TPSA) is 85.5 Å². The van der Waals surface area contributed by atoms with E-state index in [0.29, 0.717) is 0 Å². The van der Waals surface area contributed by atoms with Gasteiger partial charge in [0.2, 0.25) is 0 Å². The second-order valence-corrected chi connectivity index (χ2v) is 0. The van der Waals surface area contributed by atoms with E-state index in [1.807, 2.05) is 0 Å². The van der Waals surface area contributed by atoms with Crippen molar-refractivity contribution in [2.45, 2.75) is 0 Å². The van der Waals surface area contributed by atoms with Crippen molar-refractivity contribution >= 4 is 23.9 Å². The van der Waals surface area contributed by atoms with Crippen LogP contribution in [-0.4, -0.2) is 23.9 Å². The first-order valence-corrected chi connectivity index (χ1v) is 0.